The Balaban J connectivity index is 1.94. The van der Waals surface area contributed by atoms with Crippen molar-refractivity contribution >= 4 is 17.5 Å². The molecule has 0 aliphatic rings. The molecule has 1 aromatic heterocycles. The number of carbonyl (C=O) groups excluding carboxylic acids is 1. The minimum absolute atomic E-state index is 0.125. The van der Waals surface area contributed by atoms with Crippen LogP contribution in [-0.2, 0) is 11.2 Å². The second-order valence-electron chi connectivity index (χ2n) is 4.99. The Morgan fingerprint density at radius 2 is 2.05 bits per heavy atom. The quantitative estimate of drug-likeness (QED) is 0.862. The summed E-state index contributed by atoms with van der Waals surface area (Å²) in [5.41, 5.74) is 1.04. The lowest BCUT2D eigenvalue weighted by Gasteiger charge is -2.17. The Labute approximate surface area is 128 Å². The SMILES string of the molecule is CC(Cc1ccc(Cl)cc1)C(=O)NC(CO)c1ccco1. The molecule has 2 rings (SSSR count). The highest BCUT2D eigenvalue weighted by atomic mass is 35.5. The second kappa shape index (κ2) is 7.29. The lowest BCUT2D eigenvalue weighted by atomic mass is 10.00. The Morgan fingerprint density at radius 1 is 1.33 bits per heavy atom. The van der Waals surface area contributed by atoms with E-state index in [4.69, 9.17) is 16.0 Å². The highest BCUT2D eigenvalue weighted by Gasteiger charge is 2.20. The number of furan rings is 1. The van der Waals surface area contributed by atoms with Crippen LogP contribution in [0, 0.1) is 5.92 Å². The summed E-state index contributed by atoms with van der Waals surface area (Å²) < 4.78 is 5.21. The van der Waals surface area contributed by atoms with E-state index in [-0.39, 0.29) is 18.4 Å². The zero-order valence-electron chi connectivity index (χ0n) is 11.8. The fourth-order valence-corrected chi connectivity index (χ4v) is 2.20. The number of carbonyl (C=O) groups is 1. The van der Waals surface area contributed by atoms with E-state index in [2.05, 4.69) is 5.32 Å². The van der Waals surface area contributed by atoms with Gasteiger partial charge >= 0.3 is 0 Å². The van der Waals surface area contributed by atoms with Crippen molar-refractivity contribution in [3.8, 4) is 0 Å². The van der Waals surface area contributed by atoms with Gasteiger partial charge in [0.25, 0.3) is 0 Å². The molecule has 0 fully saturated rings. The normalized spacial score (nSPS) is 13.7. The van der Waals surface area contributed by atoms with Gasteiger partial charge in [0.15, 0.2) is 0 Å². The van der Waals surface area contributed by atoms with Crippen LogP contribution in [0.3, 0.4) is 0 Å². The molecule has 21 heavy (non-hydrogen) atoms. The molecule has 1 aromatic carbocycles. The van der Waals surface area contributed by atoms with Crippen molar-refractivity contribution < 1.29 is 14.3 Å². The summed E-state index contributed by atoms with van der Waals surface area (Å²) in [6.45, 7) is 1.65. The fraction of sp³-hybridized carbons (Fsp3) is 0.312. The Kier molecular flexibility index (Phi) is 5.42. The maximum atomic E-state index is 12.2. The molecule has 4 nitrogen and oxygen atoms in total. The van der Waals surface area contributed by atoms with Gasteiger partial charge in [-0.2, -0.15) is 0 Å². The van der Waals surface area contributed by atoms with E-state index in [1.807, 2.05) is 19.1 Å². The predicted octanol–water partition coefficient (Wildman–Crippen LogP) is 2.96. The second-order valence-corrected chi connectivity index (χ2v) is 5.43. The smallest absolute Gasteiger partial charge is 0.223 e. The number of hydrogen-bond acceptors (Lipinski definition) is 3. The maximum absolute atomic E-state index is 12.2. The predicted molar refractivity (Wildman–Crippen MR) is 81.0 cm³/mol. The van der Waals surface area contributed by atoms with E-state index in [0.29, 0.717) is 17.2 Å². The molecule has 2 atom stereocenters. The van der Waals surface area contributed by atoms with E-state index in [1.54, 1.807) is 24.3 Å². The zero-order valence-corrected chi connectivity index (χ0v) is 12.5. The van der Waals surface area contributed by atoms with Gasteiger partial charge in [-0.3, -0.25) is 4.79 Å². The van der Waals surface area contributed by atoms with Crippen molar-refractivity contribution in [2.45, 2.75) is 19.4 Å². The van der Waals surface area contributed by atoms with Gasteiger partial charge in [-0.15, -0.1) is 0 Å². The molecule has 1 amide bonds. The van der Waals surface area contributed by atoms with Crippen LogP contribution in [0.25, 0.3) is 0 Å². The van der Waals surface area contributed by atoms with Gasteiger partial charge in [0.1, 0.15) is 11.8 Å². The van der Waals surface area contributed by atoms with Crippen LogP contribution in [0.2, 0.25) is 5.02 Å². The summed E-state index contributed by atoms with van der Waals surface area (Å²) in [5, 5.41) is 12.8. The number of halogens is 1. The molecule has 0 bridgehead atoms. The van der Waals surface area contributed by atoms with E-state index in [1.165, 1.54) is 6.26 Å². The molecule has 112 valence electrons. The maximum Gasteiger partial charge on any atom is 0.223 e. The van der Waals surface area contributed by atoms with Crippen LogP contribution in [0.1, 0.15) is 24.3 Å². The van der Waals surface area contributed by atoms with Crippen LogP contribution < -0.4 is 5.32 Å². The van der Waals surface area contributed by atoms with Crippen LogP contribution in [0.4, 0.5) is 0 Å². The summed E-state index contributed by atoms with van der Waals surface area (Å²) in [7, 11) is 0. The molecule has 2 unspecified atom stereocenters. The standard InChI is InChI=1S/C16H18ClNO3/c1-11(9-12-4-6-13(17)7-5-12)16(20)18-14(10-19)15-3-2-8-21-15/h2-8,11,14,19H,9-10H2,1H3,(H,18,20). The van der Waals surface area contributed by atoms with Crippen LogP contribution in [0.5, 0.6) is 0 Å². The van der Waals surface area contributed by atoms with E-state index >= 15 is 0 Å². The van der Waals surface area contributed by atoms with Crippen molar-refractivity contribution in [2.75, 3.05) is 6.61 Å². The Morgan fingerprint density at radius 3 is 2.62 bits per heavy atom. The topological polar surface area (TPSA) is 62.5 Å². The highest BCUT2D eigenvalue weighted by molar-refractivity contribution is 6.30. The molecule has 0 spiro atoms. The van der Waals surface area contributed by atoms with Crippen LogP contribution in [-0.4, -0.2) is 17.6 Å². The van der Waals surface area contributed by atoms with E-state index in [9.17, 15) is 9.90 Å². The van der Waals surface area contributed by atoms with Crippen LogP contribution >= 0.6 is 11.6 Å². The van der Waals surface area contributed by atoms with E-state index in [0.717, 1.165) is 5.56 Å². The number of nitrogens with one attached hydrogen (secondary N) is 1. The Bertz CT molecular complexity index is 566. The largest absolute Gasteiger partial charge is 0.467 e. The first kappa shape index (κ1) is 15.6. The van der Waals surface area contributed by atoms with Crippen molar-refractivity contribution in [3.05, 3.63) is 59.0 Å². The first-order valence-electron chi connectivity index (χ1n) is 6.79. The molecule has 0 aliphatic carbocycles. The average Bonchev–Trinajstić information content (AvgIpc) is 3.01. The van der Waals surface area contributed by atoms with Gasteiger partial charge in [-0.25, -0.2) is 0 Å². The lowest BCUT2D eigenvalue weighted by Crippen LogP contribution is -2.35. The molecule has 0 saturated heterocycles. The van der Waals surface area contributed by atoms with Gasteiger partial charge in [0.05, 0.1) is 12.9 Å². The van der Waals surface area contributed by atoms with Crippen molar-refractivity contribution in [1.82, 2.24) is 5.32 Å². The van der Waals surface area contributed by atoms with Crippen LogP contribution in [0.15, 0.2) is 47.1 Å². The summed E-state index contributed by atoms with van der Waals surface area (Å²) in [5.74, 6) is 0.208. The summed E-state index contributed by atoms with van der Waals surface area (Å²) in [6.07, 6.45) is 2.13. The van der Waals surface area contributed by atoms with Gasteiger partial charge in [-0.05, 0) is 36.2 Å². The summed E-state index contributed by atoms with van der Waals surface area (Å²) in [6, 6.07) is 10.4. The summed E-state index contributed by atoms with van der Waals surface area (Å²) in [4.78, 5) is 12.2. The zero-order chi connectivity index (χ0) is 15.2. The molecule has 1 heterocycles. The highest BCUT2D eigenvalue weighted by Crippen LogP contribution is 2.16. The number of aliphatic hydroxyl groups excluding tert-OH is 1. The van der Waals surface area contributed by atoms with Gasteiger partial charge < -0.3 is 14.8 Å². The molecule has 5 heteroatoms. The van der Waals surface area contributed by atoms with Crippen molar-refractivity contribution in [1.29, 1.82) is 0 Å². The lowest BCUT2D eigenvalue weighted by molar-refractivity contribution is -0.125. The number of rotatable bonds is 6. The first-order chi connectivity index (χ1) is 10.1. The molecule has 2 aromatic rings. The number of hydrogen-bond donors (Lipinski definition) is 2. The van der Waals surface area contributed by atoms with Crippen molar-refractivity contribution in [3.63, 3.8) is 0 Å². The fourth-order valence-electron chi connectivity index (χ4n) is 2.08. The van der Waals surface area contributed by atoms with Gasteiger partial charge in [0, 0.05) is 10.9 Å². The minimum Gasteiger partial charge on any atom is -0.467 e. The molecule has 2 N–H and O–H groups in total. The van der Waals surface area contributed by atoms with Gasteiger partial charge in [-0.1, -0.05) is 30.7 Å². The number of aliphatic hydroxyl groups is 1. The first-order valence-corrected chi connectivity index (χ1v) is 7.17. The molecular weight excluding hydrogens is 290 g/mol. The third-order valence-corrected chi connectivity index (χ3v) is 3.54. The van der Waals surface area contributed by atoms with Crippen molar-refractivity contribution in [2.24, 2.45) is 5.92 Å². The number of benzene rings is 1. The monoisotopic (exact) mass is 307 g/mol. The average molecular weight is 308 g/mol. The van der Waals surface area contributed by atoms with E-state index < -0.39 is 6.04 Å². The minimum atomic E-state index is -0.514. The third-order valence-electron chi connectivity index (χ3n) is 3.29. The Hall–Kier alpha value is -1.78. The number of amides is 1. The summed E-state index contributed by atoms with van der Waals surface area (Å²) >= 11 is 5.84. The molecule has 0 radical (unpaired) electrons. The molecular formula is C16H18ClNO3. The van der Waals surface area contributed by atoms with Gasteiger partial charge in [0.2, 0.25) is 5.91 Å². The molecule has 0 saturated carbocycles. The third kappa shape index (κ3) is 4.34. The molecule has 0 aliphatic heterocycles.